The number of nitrogens with zero attached hydrogens (tertiary/aromatic N) is 1. The molecule has 1 fully saturated rings. The highest BCUT2D eigenvalue weighted by molar-refractivity contribution is 7.89. The van der Waals surface area contributed by atoms with Gasteiger partial charge in [-0.2, -0.15) is 0 Å². The van der Waals surface area contributed by atoms with Gasteiger partial charge in [0, 0.05) is 38.9 Å². The lowest BCUT2D eigenvalue weighted by molar-refractivity contribution is 0.0420. The molecule has 0 radical (unpaired) electrons. The Morgan fingerprint density at radius 2 is 2.03 bits per heavy atom. The summed E-state index contributed by atoms with van der Waals surface area (Å²) in [6.45, 7) is 8.64. The molecule has 0 saturated carbocycles. The van der Waals surface area contributed by atoms with Crippen LogP contribution in [0.2, 0.25) is 0 Å². The molecule has 1 aromatic carbocycles. The van der Waals surface area contributed by atoms with Gasteiger partial charge in [-0.05, 0) is 45.2 Å². The number of rotatable bonds is 9. The number of benzene rings is 1. The van der Waals surface area contributed by atoms with E-state index < -0.39 is 15.6 Å². The van der Waals surface area contributed by atoms with Gasteiger partial charge in [-0.25, -0.2) is 13.1 Å². The maximum Gasteiger partial charge on any atom is 0.241 e. The van der Waals surface area contributed by atoms with Crippen LogP contribution in [0, 0.1) is 0 Å². The zero-order valence-electron chi connectivity index (χ0n) is 17.8. The summed E-state index contributed by atoms with van der Waals surface area (Å²) in [6.07, 6.45) is 2.02. The predicted molar refractivity (Wildman–Crippen MR) is 115 cm³/mol. The van der Waals surface area contributed by atoms with E-state index in [9.17, 15) is 8.42 Å². The van der Waals surface area contributed by atoms with E-state index in [-0.39, 0.29) is 11.0 Å². The molecule has 1 heterocycles. The smallest absolute Gasteiger partial charge is 0.241 e. The van der Waals surface area contributed by atoms with Gasteiger partial charge in [-0.15, -0.1) is 0 Å². The minimum atomic E-state index is -3.61. The number of sulfonamides is 1. The Morgan fingerprint density at radius 1 is 1.28 bits per heavy atom. The van der Waals surface area contributed by atoms with Crippen LogP contribution in [0.4, 0.5) is 0 Å². The van der Waals surface area contributed by atoms with Gasteiger partial charge in [0.1, 0.15) is 0 Å². The first-order valence-electron chi connectivity index (χ1n) is 9.97. The molecule has 0 bridgehead atoms. The normalized spacial score (nSPS) is 18.1. The third-order valence-corrected chi connectivity index (χ3v) is 6.09. The average Bonchev–Trinajstić information content (AvgIpc) is 3.15. The fourth-order valence-corrected chi connectivity index (χ4v) is 4.60. The van der Waals surface area contributed by atoms with Crippen LogP contribution in [0.5, 0.6) is 0 Å². The molecule has 1 aliphatic heterocycles. The molecule has 0 amide bonds. The van der Waals surface area contributed by atoms with Gasteiger partial charge in [-0.3, -0.25) is 4.99 Å². The third kappa shape index (κ3) is 8.30. The minimum absolute atomic E-state index is 0.215. The highest BCUT2D eigenvalue weighted by Crippen LogP contribution is 2.17. The van der Waals surface area contributed by atoms with E-state index in [4.69, 9.17) is 9.47 Å². The molecule has 164 valence electrons. The molecule has 3 N–H and O–H groups in total. The summed E-state index contributed by atoms with van der Waals surface area (Å²) in [5.74, 6) is 0.616. The van der Waals surface area contributed by atoms with E-state index in [0.29, 0.717) is 37.8 Å². The fraction of sp³-hybridized carbons (Fsp3) is 0.650. The minimum Gasteiger partial charge on any atom is -0.379 e. The molecule has 1 atom stereocenters. The van der Waals surface area contributed by atoms with Crippen molar-refractivity contribution in [2.24, 2.45) is 4.99 Å². The van der Waals surface area contributed by atoms with E-state index >= 15 is 0 Å². The molecule has 0 aliphatic carbocycles. The number of guanidine groups is 1. The molecule has 0 spiro atoms. The van der Waals surface area contributed by atoms with Crippen molar-refractivity contribution < 1.29 is 17.9 Å². The summed E-state index contributed by atoms with van der Waals surface area (Å²) in [4.78, 5) is 4.47. The van der Waals surface area contributed by atoms with Crippen molar-refractivity contribution in [2.45, 2.75) is 56.7 Å². The van der Waals surface area contributed by atoms with Gasteiger partial charge in [0.2, 0.25) is 10.0 Å². The second-order valence-electron chi connectivity index (χ2n) is 8.03. The van der Waals surface area contributed by atoms with E-state index in [1.54, 1.807) is 25.2 Å². The molecule has 1 saturated heterocycles. The summed E-state index contributed by atoms with van der Waals surface area (Å²) in [5, 5.41) is 6.40. The van der Waals surface area contributed by atoms with Crippen LogP contribution in [0.15, 0.2) is 34.2 Å². The highest BCUT2D eigenvalue weighted by Gasteiger charge is 2.24. The highest BCUT2D eigenvalue weighted by atomic mass is 32.2. The summed E-state index contributed by atoms with van der Waals surface area (Å²) in [6, 6.07) is 6.97. The Hall–Kier alpha value is -1.68. The zero-order chi connectivity index (χ0) is 21.3. The molecule has 1 unspecified atom stereocenters. The summed E-state index contributed by atoms with van der Waals surface area (Å²) in [7, 11) is -1.93. The van der Waals surface area contributed by atoms with Crippen molar-refractivity contribution in [3.63, 3.8) is 0 Å². The Morgan fingerprint density at radius 3 is 2.69 bits per heavy atom. The third-order valence-electron chi connectivity index (χ3n) is 4.23. The topological polar surface area (TPSA) is 101 Å². The Kier molecular flexibility index (Phi) is 8.88. The van der Waals surface area contributed by atoms with Crippen molar-refractivity contribution >= 4 is 16.0 Å². The lowest BCUT2D eigenvalue weighted by atomic mass is 10.1. The van der Waals surface area contributed by atoms with Crippen LogP contribution in [-0.4, -0.2) is 59.4 Å². The number of nitrogens with one attached hydrogen (secondary N) is 3. The van der Waals surface area contributed by atoms with Gasteiger partial charge >= 0.3 is 0 Å². The first-order chi connectivity index (χ1) is 13.7. The summed E-state index contributed by atoms with van der Waals surface area (Å²) in [5.41, 5.74) is 0.126. The predicted octanol–water partition coefficient (Wildman–Crippen LogP) is 1.62. The van der Waals surface area contributed by atoms with Crippen molar-refractivity contribution in [2.75, 3.05) is 33.4 Å². The van der Waals surface area contributed by atoms with Crippen LogP contribution >= 0.6 is 0 Å². The SMILES string of the molecule is CN=C(NCCCOC1CCOC1)NCc1ccccc1S(=O)(=O)NC(C)(C)C. The lowest BCUT2D eigenvalue weighted by Gasteiger charge is -2.22. The monoisotopic (exact) mass is 426 g/mol. The largest absolute Gasteiger partial charge is 0.379 e. The fourth-order valence-electron chi connectivity index (χ4n) is 2.94. The summed E-state index contributed by atoms with van der Waals surface area (Å²) < 4.78 is 39.2. The van der Waals surface area contributed by atoms with Gasteiger partial charge < -0.3 is 20.1 Å². The lowest BCUT2D eigenvalue weighted by Crippen LogP contribution is -2.41. The van der Waals surface area contributed by atoms with Crippen LogP contribution in [0.1, 0.15) is 39.2 Å². The van der Waals surface area contributed by atoms with E-state index in [1.807, 2.05) is 26.8 Å². The maximum atomic E-state index is 12.7. The van der Waals surface area contributed by atoms with Crippen molar-refractivity contribution in [3.8, 4) is 0 Å². The second-order valence-corrected chi connectivity index (χ2v) is 9.68. The van der Waals surface area contributed by atoms with E-state index in [0.717, 1.165) is 19.4 Å². The first kappa shape index (κ1) is 23.6. The van der Waals surface area contributed by atoms with Crippen LogP contribution < -0.4 is 15.4 Å². The molecule has 8 nitrogen and oxygen atoms in total. The van der Waals surface area contributed by atoms with Crippen LogP contribution in [-0.2, 0) is 26.0 Å². The second kappa shape index (κ2) is 10.9. The Balaban J connectivity index is 1.84. The molecule has 1 aromatic rings. The zero-order valence-corrected chi connectivity index (χ0v) is 18.6. The summed E-state index contributed by atoms with van der Waals surface area (Å²) >= 11 is 0. The number of ether oxygens (including phenoxy) is 2. The van der Waals surface area contributed by atoms with Crippen LogP contribution in [0.3, 0.4) is 0 Å². The number of aliphatic imine (C=N–C) groups is 1. The molecule has 29 heavy (non-hydrogen) atoms. The van der Waals surface area contributed by atoms with Gasteiger partial charge in [-0.1, -0.05) is 18.2 Å². The Bertz CT molecular complexity index is 769. The standard InChI is InChI=1S/C20H34N4O4S/c1-20(2,3)24-29(25,26)18-9-6-5-8-16(18)14-23-19(21-4)22-11-7-12-28-17-10-13-27-15-17/h5-6,8-9,17,24H,7,10-15H2,1-4H3,(H2,21,22,23). The van der Waals surface area contributed by atoms with Gasteiger partial charge in [0.25, 0.3) is 0 Å². The Labute approximate surface area is 174 Å². The molecule has 9 heteroatoms. The van der Waals surface area contributed by atoms with Crippen molar-refractivity contribution in [3.05, 3.63) is 29.8 Å². The van der Waals surface area contributed by atoms with E-state index in [1.165, 1.54) is 0 Å². The molecule has 0 aromatic heterocycles. The van der Waals surface area contributed by atoms with Crippen LogP contribution in [0.25, 0.3) is 0 Å². The molecule has 2 rings (SSSR count). The van der Waals surface area contributed by atoms with Crippen molar-refractivity contribution in [1.29, 1.82) is 0 Å². The number of hydrogen-bond acceptors (Lipinski definition) is 5. The molecule has 1 aliphatic rings. The average molecular weight is 427 g/mol. The van der Waals surface area contributed by atoms with Gasteiger partial charge in [0.15, 0.2) is 5.96 Å². The quantitative estimate of drug-likeness (QED) is 0.315. The van der Waals surface area contributed by atoms with E-state index in [2.05, 4.69) is 20.3 Å². The first-order valence-corrected chi connectivity index (χ1v) is 11.5. The number of hydrogen-bond donors (Lipinski definition) is 3. The van der Waals surface area contributed by atoms with Crippen molar-refractivity contribution in [1.82, 2.24) is 15.4 Å². The molecular weight excluding hydrogens is 392 g/mol. The molecular formula is C20H34N4O4S. The van der Waals surface area contributed by atoms with Gasteiger partial charge in [0.05, 0.1) is 17.6 Å². The maximum absolute atomic E-state index is 12.7.